The van der Waals surface area contributed by atoms with E-state index in [2.05, 4.69) is 4.74 Å². The summed E-state index contributed by atoms with van der Waals surface area (Å²) in [6.07, 6.45) is 1.80. The van der Waals surface area contributed by atoms with Crippen LogP contribution in [0.1, 0.15) is 36.5 Å². The number of alkyl halides is 2. The van der Waals surface area contributed by atoms with Crippen LogP contribution in [0.4, 0.5) is 17.6 Å². The molecule has 0 unspecified atom stereocenters. The fourth-order valence-electron chi connectivity index (χ4n) is 2.89. The van der Waals surface area contributed by atoms with E-state index in [1.165, 1.54) is 4.90 Å². The zero-order valence-electron chi connectivity index (χ0n) is 13.2. The van der Waals surface area contributed by atoms with Crippen molar-refractivity contribution in [2.75, 3.05) is 19.7 Å². The fraction of sp³-hybridized carbons (Fsp3) is 0.562. The number of benzene rings is 1. The molecule has 0 saturated carbocycles. The number of amides is 1. The number of ether oxygens (including phenoxy) is 1. The van der Waals surface area contributed by atoms with Gasteiger partial charge in [-0.05, 0) is 24.7 Å². The van der Waals surface area contributed by atoms with Crippen LogP contribution in [0.2, 0.25) is 0 Å². The summed E-state index contributed by atoms with van der Waals surface area (Å²) in [7, 11) is 0. The predicted molar refractivity (Wildman–Crippen MR) is 77.9 cm³/mol. The molecular weight excluding hydrogens is 330 g/mol. The van der Waals surface area contributed by atoms with Gasteiger partial charge in [0.2, 0.25) is 0 Å². The minimum Gasteiger partial charge on any atom is -0.435 e. The maximum Gasteiger partial charge on any atom is 0.387 e. The molecule has 0 bridgehead atoms. The molecule has 1 aromatic carbocycles. The zero-order chi connectivity index (χ0) is 17.9. The van der Waals surface area contributed by atoms with Crippen molar-refractivity contribution in [1.29, 1.82) is 0 Å². The van der Waals surface area contributed by atoms with Gasteiger partial charge in [-0.2, -0.15) is 8.78 Å². The minimum absolute atomic E-state index is 0.00603. The number of carbonyl (C=O) groups excluding carboxylic acids is 1. The van der Waals surface area contributed by atoms with Crippen LogP contribution in [-0.2, 0) is 0 Å². The third-order valence-corrected chi connectivity index (χ3v) is 4.65. The molecule has 1 aliphatic heterocycles. The van der Waals surface area contributed by atoms with Gasteiger partial charge in [-0.15, -0.1) is 0 Å². The number of hydrogen-bond donors (Lipinski definition) is 1. The molecule has 1 N–H and O–H groups in total. The largest absolute Gasteiger partial charge is 0.435 e. The first-order valence-corrected chi connectivity index (χ1v) is 7.66. The van der Waals surface area contributed by atoms with Crippen molar-refractivity contribution in [3.8, 4) is 5.75 Å². The van der Waals surface area contributed by atoms with Crippen molar-refractivity contribution in [2.24, 2.45) is 5.41 Å². The Morgan fingerprint density at radius 1 is 1.29 bits per heavy atom. The van der Waals surface area contributed by atoms with E-state index in [1.54, 1.807) is 0 Å². The Hall–Kier alpha value is -1.83. The van der Waals surface area contributed by atoms with E-state index in [9.17, 15) is 27.5 Å². The molecule has 1 heterocycles. The Kier molecular flexibility index (Phi) is 5.69. The Morgan fingerprint density at radius 3 is 2.25 bits per heavy atom. The molecule has 8 heteroatoms. The third-order valence-electron chi connectivity index (χ3n) is 4.65. The van der Waals surface area contributed by atoms with Gasteiger partial charge in [0.15, 0.2) is 0 Å². The number of nitrogens with zero attached hydrogens (tertiary/aromatic N) is 1. The topological polar surface area (TPSA) is 49.8 Å². The van der Waals surface area contributed by atoms with Gasteiger partial charge in [0, 0.05) is 31.8 Å². The first-order chi connectivity index (χ1) is 11.3. The first kappa shape index (κ1) is 18.5. The van der Waals surface area contributed by atoms with E-state index in [0.29, 0.717) is 25.0 Å². The molecule has 134 valence electrons. The second kappa shape index (κ2) is 7.38. The molecule has 1 aliphatic rings. The summed E-state index contributed by atoms with van der Waals surface area (Å²) >= 11 is 0. The quantitative estimate of drug-likeness (QED) is 0.831. The van der Waals surface area contributed by atoms with E-state index >= 15 is 0 Å². The molecule has 0 aromatic heterocycles. The average molecular weight is 349 g/mol. The highest BCUT2D eigenvalue weighted by Gasteiger charge is 2.35. The highest BCUT2D eigenvalue weighted by molar-refractivity contribution is 5.95. The van der Waals surface area contributed by atoms with Crippen molar-refractivity contribution in [3.63, 3.8) is 0 Å². The number of aliphatic hydroxyl groups excluding tert-OH is 1. The van der Waals surface area contributed by atoms with Gasteiger partial charge in [0.05, 0.1) is 0 Å². The standard InChI is InChI=1S/C16H19F4NO3/c1-2-16(9-22)3-5-21(6-4-16)14(23)13-11(17)7-10(8-12(13)18)24-15(19)20/h7-8,15,22H,2-6,9H2,1H3. The maximum absolute atomic E-state index is 14.0. The van der Waals surface area contributed by atoms with Crippen LogP contribution in [0.25, 0.3) is 0 Å². The molecule has 0 aliphatic carbocycles. The Bertz CT molecular complexity index is 572. The van der Waals surface area contributed by atoms with Crippen LogP contribution in [0.3, 0.4) is 0 Å². The van der Waals surface area contributed by atoms with E-state index < -0.39 is 35.5 Å². The molecule has 1 fully saturated rings. The monoisotopic (exact) mass is 349 g/mol. The summed E-state index contributed by atoms with van der Waals surface area (Å²) in [4.78, 5) is 13.7. The Morgan fingerprint density at radius 2 is 1.83 bits per heavy atom. The van der Waals surface area contributed by atoms with Gasteiger partial charge in [0.25, 0.3) is 5.91 Å². The number of hydrogen-bond acceptors (Lipinski definition) is 3. The number of piperidine rings is 1. The number of rotatable bonds is 5. The predicted octanol–water partition coefficient (Wildman–Crippen LogP) is 3.19. The highest BCUT2D eigenvalue weighted by atomic mass is 19.3. The van der Waals surface area contributed by atoms with Crippen molar-refractivity contribution in [1.82, 2.24) is 4.90 Å². The number of carbonyl (C=O) groups is 1. The van der Waals surface area contributed by atoms with Gasteiger partial charge in [-0.3, -0.25) is 4.79 Å². The summed E-state index contributed by atoms with van der Waals surface area (Å²) < 4.78 is 56.2. The summed E-state index contributed by atoms with van der Waals surface area (Å²) in [5.74, 6) is -4.01. The Balaban J connectivity index is 2.16. The van der Waals surface area contributed by atoms with E-state index in [0.717, 1.165) is 6.42 Å². The average Bonchev–Trinajstić information content (AvgIpc) is 2.53. The lowest BCUT2D eigenvalue weighted by Crippen LogP contribution is -2.44. The molecule has 1 amide bonds. The second-order valence-electron chi connectivity index (χ2n) is 5.94. The molecule has 0 radical (unpaired) electrons. The summed E-state index contributed by atoms with van der Waals surface area (Å²) in [6, 6.07) is 1.13. The molecule has 24 heavy (non-hydrogen) atoms. The lowest BCUT2D eigenvalue weighted by atomic mass is 9.77. The van der Waals surface area contributed by atoms with Crippen LogP contribution >= 0.6 is 0 Å². The van der Waals surface area contributed by atoms with Gasteiger partial charge in [-0.25, -0.2) is 8.78 Å². The number of halogens is 4. The molecule has 1 saturated heterocycles. The van der Waals surface area contributed by atoms with E-state index in [1.807, 2.05) is 6.92 Å². The summed E-state index contributed by atoms with van der Waals surface area (Å²) in [6.45, 7) is -0.751. The first-order valence-electron chi connectivity index (χ1n) is 7.66. The molecule has 2 rings (SSSR count). The van der Waals surface area contributed by atoms with Crippen molar-refractivity contribution in [3.05, 3.63) is 29.3 Å². The zero-order valence-corrected chi connectivity index (χ0v) is 13.2. The molecule has 1 aromatic rings. The smallest absolute Gasteiger partial charge is 0.387 e. The molecule has 4 nitrogen and oxygen atoms in total. The Labute approximate surface area is 137 Å². The number of likely N-dealkylation sites (tertiary alicyclic amines) is 1. The van der Waals surface area contributed by atoms with E-state index in [4.69, 9.17) is 0 Å². The molecule has 0 spiro atoms. The van der Waals surface area contributed by atoms with Crippen molar-refractivity contribution < 1.29 is 32.2 Å². The third kappa shape index (κ3) is 3.80. The lowest BCUT2D eigenvalue weighted by molar-refractivity contribution is -0.0501. The van der Waals surface area contributed by atoms with Gasteiger partial charge >= 0.3 is 6.61 Å². The SMILES string of the molecule is CCC1(CO)CCN(C(=O)c2c(F)cc(OC(F)F)cc2F)CC1. The second-order valence-corrected chi connectivity index (χ2v) is 5.94. The fourth-order valence-corrected chi connectivity index (χ4v) is 2.89. The number of aliphatic hydroxyl groups is 1. The molecule has 0 atom stereocenters. The van der Waals surface area contributed by atoms with Gasteiger partial charge in [0.1, 0.15) is 22.9 Å². The van der Waals surface area contributed by atoms with Crippen LogP contribution in [0, 0.1) is 17.0 Å². The summed E-state index contributed by atoms with van der Waals surface area (Å²) in [5, 5.41) is 9.48. The lowest BCUT2D eigenvalue weighted by Gasteiger charge is -2.40. The maximum atomic E-state index is 14.0. The van der Waals surface area contributed by atoms with Crippen molar-refractivity contribution >= 4 is 5.91 Å². The van der Waals surface area contributed by atoms with Crippen LogP contribution in [-0.4, -0.2) is 42.2 Å². The summed E-state index contributed by atoms with van der Waals surface area (Å²) in [5.41, 5.74) is -1.06. The van der Waals surface area contributed by atoms with Gasteiger partial charge < -0.3 is 14.7 Å². The van der Waals surface area contributed by atoms with Gasteiger partial charge in [-0.1, -0.05) is 6.92 Å². The minimum atomic E-state index is -3.21. The molecular formula is C16H19F4NO3. The van der Waals surface area contributed by atoms with Crippen LogP contribution in [0.15, 0.2) is 12.1 Å². The highest BCUT2D eigenvalue weighted by Crippen LogP contribution is 2.35. The van der Waals surface area contributed by atoms with Crippen LogP contribution in [0.5, 0.6) is 5.75 Å². The van der Waals surface area contributed by atoms with Crippen molar-refractivity contribution in [2.45, 2.75) is 32.8 Å². The normalized spacial score (nSPS) is 17.2. The van der Waals surface area contributed by atoms with E-state index in [-0.39, 0.29) is 25.1 Å². The van der Waals surface area contributed by atoms with Crippen LogP contribution < -0.4 is 4.74 Å².